The lowest BCUT2D eigenvalue weighted by molar-refractivity contribution is -0.274. The Morgan fingerprint density at radius 1 is 0.974 bits per heavy atom. The van der Waals surface area contributed by atoms with Gasteiger partial charge >= 0.3 is 12.3 Å². The second kappa shape index (κ2) is 10.6. The molecule has 38 heavy (non-hydrogen) atoms. The molecule has 4 aromatic rings. The SMILES string of the molecule is Cc1c(Sc2ccc(Cl)cc2)c2ccc(OC(F)(F)F)cc2n1Cc1cc(OC(C)(C)C(=O)O)ccc1Cl. The molecule has 0 spiro atoms. The van der Waals surface area contributed by atoms with E-state index in [0.29, 0.717) is 26.9 Å². The number of carbonyl (C=O) groups is 1. The number of aromatic nitrogens is 1. The Bertz CT molecular complexity index is 1500. The zero-order valence-electron chi connectivity index (χ0n) is 20.4. The van der Waals surface area contributed by atoms with Crippen LogP contribution in [-0.4, -0.2) is 27.6 Å². The topological polar surface area (TPSA) is 60.7 Å². The van der Waals surface area contributed by atoms with Crippen molar-refractivity contribution in [3.05, 3.63) is 82.0 Å². The molecule has 200 valence electrons. The summed E-state index contributed by atoms with van der Waals surface area (Å²) in [5, 5.41) is 11.1. The van der Waals surface area contributed by atoms with Crippen LogP contribution < -0.4 is 9.47 Å². The second-order valence-corrected chi connectivity index (χ2v) is 10.9. The lowest BCUT2D eigenvalue weighted by Crippen LogP contribution is -2.37. The average molecular weight is 584 g/mol. The lowest BCUT2D eigenvalue weighted by Gasteiger charge is -2.22. The first-order valence-corrected chi connectivity index (χ1v) is 12.8. The minimum Gasteiger partial charge on any atom is -0.478 e. The molecule has 0 saturated heterocycles. The standard InChI is InChI=1S/C27H22Cl2F3NO4S/c1-15-24(38-20-8-4-17(28)5-9-20)21-10-6-19(37-27(30,31)32)13-23(21)33(15)14-16-12-18(7-11-22(16)29)36-26(2,3)25(34)35/h4-13H,14H2,1-3H3,(H,34,35). The van der Waals surface area contributed by atoms with Crippen molar-refractivity contribution in [2.45, 2.75) is 49.1 Å². The van der Waals surface area contributed by atoms with E-state index in [-0.39, 0.29) is 12.3 Å². The van der Waals surface area contributed by atoms with Crippen LogP contribution in [0.25, 0.3) is 10.9 Å². The summed E-state index contributed by atoms with van der Waals surface area (Å²) >= 11 is 13.9. The predicted molar refractivity (Wildman–Crippen MR) is 142 cm³/mol. The average Bonchev–Trinajstić information content (AvgIpc) is 3.06. The van der Waals surface area contributed by atoms with E-state index in [1.54, 1.807) is 36.4 Å². The zero-order valence-corrected chi connectivity index (χ0v) is 22.7. The largest absolute Gasteiger partial charge is 0.573 e. The minimum absolute atomic E-state index is 0.183. The maximum Gasteiger partial charge on any atom is 0.573 e. The highest BCUT2D eigenvalue weighted by molar-refractivity contribution is 7.99. The second-order valence-electron chi connectivity index (χ2n) is 8.95. The van der Waals surface area contributed by atoms with Crippen LogP contribution in [0.3, 0.4) is 0 Å². The van der Waals surface area contributed by atoms with Crippen molar-refractivity contribution in [1.82, 2.24) is 4.57 Å². The molecular formula is C27H22Cl2F3NO4S. The first-order chi connectivity index (χ1) is 17.7. The first kappa shape index (κ1) is 28.0. The number of hydrogen-bond acceptors (Lipinski definition) is 4. The molecule has 4 rings (SSSR count). The number of carboxylic acids is 1. The molecule has 11 heteroatoms. The van der Waals surface area contributed by atoms with Crippen LogP contribution >= 0.6 is 35.0 Å². The van der Waals surface area contributed by atoms with Gasteiger partial charge in [0.1, 0.15) is 11.5 Å². The molecule has 1 aromatic heterocycles. The third-order valence-electron chi connectivity index (χ3n) is 5.74. The minimum atomic E-state index is -4.84. The van der Waals surface area contributed by atoms with E-state index < -0.39 is 17.9 Å². The predicted octanol–water partition coefficient (Wildman–Crippen LogP) is 8.60. The molecule has 0 atom stereocenters. The van der Waals surface area contributed by atoms with Crippen molar-refractivity contribution in [1.29, 1.82) is 0 Å². The van der Waals surface area contributed by atoms with Gasteiger partial charge in [0.15, 0.2) is 5.60 Å². The maximum atomic E-state index is 13.0. The molecule has 0 bridgehead atoms. The number of nitrogens with zero attached hydrogens (tertiary/aromatic N) is 1. The van der Waals surface area contributed by atoms with Crippen molar-refractivity contribution >= 4 is 51.8 Å². The number of hydrogen-bond donors (Lipinski definition) is 1. The highest BCUT2D eigenvalue weighted by Crippen LogP contribution is 2.41. The van der Waals surface area contributed by atoms with E-state index in [1.165, 1.54) is 37.7 Å². The van der Waals surface area contributed by atoms with Crippen LogP contribution in [0.4, 0.5) is 13.2 Å². The summed E-state index contributed by atoms with van der Waals surface area (Å²) in [7, 11) is 0. The summed E-state index contributed by atoms with van der Waals surface area (Å²) in [5.41, 5.74) is 0.412. The molecule has 0 fully saturated rings. The van der Waals surface area contributed by atoms with Gasteiger partial charge < -0.3 is 19.1 Å². The lowest BCUT2D eigenvalue weighted by atomic mass is 10.1. The van der Waals surface area contributed by atoms with E-state index in [1.807, 2.05) is 23.6 Å². The van der Waals surface area contributed by atoms with E-state index >= 15 is 0 Å². The third kappa shape index (κ3) is 6.34. The fourth-order valence-electron chi connectivity index (χ4n) is 3.82. The van der Waals surface area contributed by atoms with Crippen molar-refractivity contribution in [3.8, 4) is 11.5 Å². The summed E-state index contributed by atoms with van der Waals surface area (Å²) in [6.45, 7) is 4.90. The zero-order chi connectivity index (χ0) is 27.8. The van der Waals surface area contributed by atoms with Crippen LogP contribution in [0, 0.1) is 6.92 Å². The van der Waals surface area contributed by atoms with Crippen LogP contribution in [0.2, 0.25) is 10.0 Å². The molecule has 0 aliphatic heterocycles. The summed E-state index contributed by atoms with van der Waals surface area (Å²) in [4.78, 5) is 13.2. The van der Waals surface area contributed by atoms with Crippen molar-refractivity contribution in [3.63, 3.8) is 0 Å². The molecule has 0 amide bonds. The van der Waals surface area contributed by atoms with Gasteiger partial charge in [0.05, 0.1) is 5.52 Å². The number of fused-ring (bicyclic) bond motifs is 1. The summed E-state index contributed by atoms with van der Waals surface area (Å²) in [6.07, 6.45) is -4.84. The highest BCUT2D eigenvalue weighted by Gasteiger charge is 2.32. The van der Waals surface area contributed by atoms with E-state index in [4.69, 9.17) is 27.9 Å². The number of alkyl halides is 3. The van der Waals surface area contributed by atoms with Crippen molar-refractivity contribution in [2.24, 2.45) is 0 Å². The van der Waals surface area contributed by atoms with E-state index in [9.17, 15) is 23.1 Å². The highest BCUT2D eigenvalue weighted by atomic mass is 35.5. The summed E-state index contributed by atoms with van der Waals surface area (Å²) in [6, 6.07) is 16.2. The van der Waals surface area contributed by atoms with E-state index in [0.717, 1.165) is 20.9 Å². The molecule has 3 aromatic carbocycles. The Kier molecular flexibility index (Phi) is 7.84. The Morgan fingerprint density at radius 2 is 1.61 bits per heavy atom. The van der Waals surface area contributed by atoms with Gasteiger partial charge in [-0.3, -0.25) is 0 Å². The quantitative estimate of drug-likeness (QED) is 0.225. The smallest absolute Gasteiger partial charge is 0.478 e. The van der Waals surface area contributed by atoms with Gasteiger partial charge in [0, 0.05) is 43.5 Å². The van der Waals surface area contributed by atoms with Crippen LogP contribution in [-0.2, 0) is 11.3 Å². The fourth-order valence-corrected chi connectivity index (χ4v) is 5.17. The molecule has 0 aliphatic carbocycles. The molecular weight excluding hydrogens is 562 g/mol. The number of halogens is 5. The van der Waals surface area contributed by atoms with Gasteiger partial charge in [-0.25, -0.2) is 4.79 Å². The summed E-state index contributed by atoms with van der Waals surface area (Å²) in [5.74, 6) is -1.19. The number of ether oxygens (including phenoxy) is 2. The van der Waals surface area contributed by atoms with Gasteiger partial charge in [-0.1, -0.05) is 35.0 Å². The van der Waals surface area contributed by atoms with Crippen molar-refractivity contribution in [2.75, 3.05) is 0 Å². The Labute approximate surface area is 231 Å². The third-order valence-corrected chi connectivity index (χ3v) is 7.59. The fraction of sp³-hybridized carbons (Fsp3) is 0.222. The van der Waals surface area contributed by atoms with Gasteiger partial charge in [-0.05, 0) is 80.9 Å². The molecule has 0 aliphatic rings. The molecule has 1 N–H and O–H groups in total. The molecule has 1 heterocycles. The van der Waals surface area contributed by atoms with Gasteiger partial charge in [0.25, 0.3) is 0 Å². The normalized spacial score (nSPS) is 12.1. The number of benzene rings is 3. The van der Waals surface area contributed by atoms with Gasteiger partial charge in [0.2, 0.25) is 0 Å². The number of carboxylic acid groups (broad SMARTS) is 1. The van der Waals surface area contributed by atoms with E-state index in [2.05, 4.69) is 4.74 Å². The molecule has 0 radical (unpaired) electrons. The molecule has 5 nitrogen and oxygen atoms in total. The van der Waals surface area contributed by atoms with Crippen molar-refractivity contribution < 1.29 is 32.5 Å². The first-order valence-electron chi connectivity index (χ1n) is 11.3. The molecule has 0 unspecified atom stereocenters. The molecule has 0 saturated carbocycles. The summed E-state index contributed by atoms with van der Waals surface area (Å²) < 4.78 is 50.6. The van der Waals surface area contributed by atoms with Crippen LogP contribution in [0.1, 0.15) is 25.1 Å². The number of aliphatic carboxylic acids is 1. The monoisotopic (exact) mass is 583 g/mol. The van der Waals surface area contributed by atoms with Gasteiger partial charge in [-0.2, -0.15) is 0 Å². The maximum absolute atomic E-state index is 13.0. The van der Waals surface area contributed by atoms with Crippen LogP contribution in [0.5, 0.6) is 11.5 Å². The van der Waals surface area contributed by atoms with Gasteiger partial charge in [-0.15, -0.1) is 13.2 Å². The Hall–Kier alpha value is -3.01. The van der Waals surface area contributed by atoms with Crippen LogP contribution in [0.15, 0.2) is 70.5 Å². The Morgan fingerprint density at radius 3 is 2.24 bits per heavy atom. The number of rotatable bonds is 8. The Balaban J connectivity index is 1.80.